The maximum absolute atomic E-state index is 13.2. The van der Waals surface area contributed by atoms with Gasteiger partial charge in [0.05, 0.1) is 21.8 Å². The number of aromatic carboxylic acids is 1. The molecule has 0 bridgehead atoms. The van der Waals surface area contributed by atoms with Gasteiger partial charge in [0.1, 0.15) is 6.61 Å². The number of rotatable bonds is 13. The molecule has 1 heterocycles. The van der Waals surface area contributed by atoms with Crippen molar-refractivity contribution in [2.24, 2.45) is 5.92 Å². The summed E-state index contributed by atoms with van der Waals surface area (Å²) in [7, 11) is -4.29. The monoisotopic (exact) mass is 650 g/mol. The molecule has 2 aromatic carbocycles. The maximum Gasteiger partial charge on any atom is 0.523 e. The van der Waals surface area contributed by atoms with Crippen LogP contribution in [0.4, 0.5) is 19.1 Å². The lowest BCUT2D eigenvalue weighted by atomic mass is 9.76. The van der Waals surface area contributed by atoms with Crippen LogP contribution in [-0.4, -0.2) is 60.1 Å². The first-order valence-corrected chi connectivity index (χ1v) is 15.9. The smallest absolute Gasteiger partial charge is 0.478 e. The van der Waals surface area contributed by atoms with Crippen LogP contribution in [0.1, 0.15) is 61.5 Å². The van der Waals surface area contributed by atoms with Crippen LogP contribution in [0.5, 0.6) is 5.88 Å². The molecule has 0 spiro atoms. The Hall–Kier alpha value is -3.75. The van der Waals surface area contributed by atoms with Gasteiger partial charge in [-0.15, -0.1) is 13.2 Å². The summed E-state index contributed by atoms with van der Waals surface area (Å²) in [6.07, 6.45) is -3.69. The molecule has 1 atom stereocenters. The maximum atomic E-state index is 13.2. The number of alkyl halides is 3. The van der Waals surface area contributed by atoms with E-state index in [1.807, 2.05) is 45.9 Å². The van der Waals surface area contributed by atoms with Crippen molar-refractivity contribution in [3.05, 3.63) is 65.2 Å². The van der Waals surface area contributed by atoms with Crippen molar-refractivity contribution >= 4 is 21.9 Å². The molecule has 4 rings (SSSR count). The van der Waals surface area contributed by atoms with E-state index in [0.717, 1.165) is 22.8 Å². The van der Waals surface area contributed by atoms with Gasteiger partial charge in [0.2, 0.25) is 11.8 Å². The topological polar surface area (TPSA) is 140 Å². The zero-order chi connectivity index (χ0) is 33.2. The van der Waals surface area contributed by atoms with Gasteiger partial charge < -0.3 is 15.2 Å². The second-order valence-electron chi connectivity index (χ2n) is 12.0. The number of hydrogen-bond donors (Lipinski definition) is 3. The SMILES string of the molecule is Cc1cccc(C)c1-c1cc(OCC(CC(C)C)NC2CC(C)(OC(F)(F)F)C2)nc(NS(=O)(=O)c2cccc(C(=O)O)c2)n1. The lowest BCUT2D eigenvalue weighted by Gasteiger charge is -2.46. The number of halogens is 3. The Morgan fingerprint density at radius 1 is 1.09 bits per heavy atom. The van der Waals surface area contributed by atoms with Crippen LogP contribution >= 0.6 is 0 Å². The lowest BCUT2D eigenvalue weighted by Crippen LogP contribution is -2.58. The third kappa shape index (κ3) is 9.14. The Kier molecular flexibility index (Phi) is 10.1. The molecule has 1 aliphatic carbocycles. The molecule has 10 nitrogen and oxygen atoms in total. The normalized spacial score (nSPS) is 19.2. The summed E-state index contributed by atoms with van der Waals surface area (Å²) in [5.74, 6) is -1.24. The fourth-order valence-corrected chi connectivity index (χ4v) is 6.59. The number of aryl methyl sites for hydroxylation is 2. The van der Waals surface area contributed by atoms with E-state index < -0.39 is 28.0 Å². The van der Waals surface area contributed by atoms with Crippen LogP contribution in [0, 0.1) is 19.8 Å². The second-order valence-corrected chi connectivity index (χ2v) is 13.7. The Morgan fingerprint density at radius 3 is 2.33 bits per heavy atom. The van der Waals surface area contributed by atoms with Crippen molar-refractivity contribution in [2.75, 3.05) is 11.3 Å². The number of carboxylic acid groups (broad SMARTS) is 1. The minimum atomic E-state index is -4.71. The van der Waals surface area contributed by atoms with E-state index >= 15 is 0 Å². The number of ether oxygens (including phenoxy) is 2. The Morgan fingerprint density at radius 2 is 1.73 bits per heavy atom. The summed E-state index contributed by atoms with van der Waals surface area (Å²) < 4.78 is 77.6. The third-order valence-electron chi connectivity index (χ3n) is 7.44. The summed E-state index contributed by atoms with van der Waals surface area (Å²) >= 11 is 0. The zero-order valence-electron chi connectivity index (χ0n) is 25.6. The molecule has 3 aromatic rings. The molecule has 0 amide bonds. The molecule has 1 saturated carbocycles. The molecule has 1 fully saturated rings. The van der Waals surface area contributed by atoms with Crippen LogP contribution < -0.4 is 14.8 Å². The van der Waals surface area contributed by atoms with Gasteiger partial charge in [-0.05, 0) is 75.3 Å². The highest BCUT2D eigenvalue weighted by Gasteiger charge is 2.49. The van der Waals surface area contributed by atoms with Crippen molar-refractivity contribution in [1.82, 2.24) is 15.3 Å². The van der Waals surface area contributed by atoms with Gasteiger partial charge >= 0.3 is 12.3 Å². The van der Waals surface area contributed by atoms with E-state index in [9.17, 15) is 31.5 Å². The molecule has 14 heteroatoms. The molecule has 0 aliphatic heterocycles. The summed E-state index contributed by atoms with van der Waals surface area (Å²) in [4.78, 5) is 19.9. The lowest BCUT2D eigenvalue weighted by molar-refractivity contribution is -0.377. The summed E-state index contributed by atoms with van der Waals surface area (Å²) in [6.45, 7) is 9.35. The van der Waals surface area contributed by atoms with E-state index in [4.69, 9.17) is 4.74 Å². The number of aromatic nitrogens is 2. The molecule has 244 valence electrons. The number of carbonyl (C=O) groups is 1. The molecule has 1 aliphatic rings. The summed E-state index contributed by atoms with van der Waals surface area (Å²) in [5, 5.41) is 12.7. The number of carboxylic acids is 1. The van der Waals surface area contributed by atoms with Crippen molar-refractivity contribution in [2.45, 2.75) is 82.8 Å². The van der Waals surface area contributed by atoms with Crippen LogP contribution in [-0.2, 0) is 14.8 Å². The molecule has 45 heavy (non-hydrogen) atoms. The molecule has 3 N–H and O–H groups in total. The van der Waals surface area contributed by atoms with Gasteiger partial charge in [0.15, 0.2) is 0 Å². The van der Waals surface area contributed by atoms with Gasteiger partial charge in [-0.25, -0.2) is 22.9 Å². The number of nitrogens with zero attached hydrogens (tertiary/aromatic N) is 2. The van der Waals surface area contributed by atoms with Gasteiger partial charge in [-0.3, -0.25) is 4.74 Å². The van der Waals surface area contributed by atoms with E-state index in [1.54, 1.807) is 6.07 Å². The first-order valence-electron chi connectivity index (χ1n) is 14.4. The number of sulfonamides is 1. The highest BCUT2D eigenvalue weighted by atomic mass is 32.2. The van der Waals surface area contributed by atoms with Crippen LogP contribution in [0.15, 0.2) is 53.4 Å². The van der Waals surface area contributed by atoms with Gasteiger partial charge in [-0.2, -0.15) is 4.98 Å². The van der Waals surface area contributed by atoms with Crippen molar-refractivity contribution < 1.29 is 41.0 Å². The minimum absolute atomic E-state index is 0.0778. The Balaban J connectivity index is 1.60. The molecule has 0 radical (unpaired) electrons. The van der Waals surface area contributed by atoms with E-state index in [1.165, 1.54) is 25.1 Å². The largest absolute Gasteiger partial charge is 0.523 e. The van der Waals surface area contributed by atoms with E-state index in [-0.39, 0.29) is 59.7 Å². The first kappa shape index (κ1) is 34.1. The highest BCUT2D eigenvalue weighted by Crippen LogP contribution is 2.40. The van der Waals surface area contributed by atoms with Gasteiger partial charge in [-0.1, -0.05) is 38.1 Å². The molecular formula is C31H37F3N4O6S. The van der Waals surface area contributed by atoms with Crippen LogP contribution in [0.2, 0.25) is 0 Å². The fourth-order valence-electron chi connectivity index (χ4n) is 5.60. The van der Waals surface area contributed by atoms with Crippen LogP contribution in [0.25, 0.3) is 11.3 Å². The molecular weight excluding hydrogens is 613 g/mol. The third-order valence-corrected chi connectivity index (χ3v) is 8.76. The van der Waals surface area contributed by atoms with Gasteiger partial charge in [0, 0.05) is 23.7 Å². The predicted octanol–water partition coefficient (Wildman–Crippen LogP) is 6.10. The number of hydrogen-bond acceptors (Lipinski definition) is 8. The standard InChI is InChI=1S/C31H37F3N4O6S/c1-18(2)12-22(35-23-15-30(5,16-23)44-31(32,33)34)17-43-26-14-25(27-19(3)8-6-9-20(27)4)36-29(37-26)38-45(41,42)24-11-7-10-21(13-24)28(39)40/h6-11,13-14,18,22-23,35H,12,15-17H2,1-5H3,(H,39,40)(H,36,37,38). The second kappa shape index (κ2) is 13.3. The molecule has 0 saturated heterocycles. The number of anilines is 1. The van der Waals surface area contributed by atoms with Gasteiger partial charge in [0.25, 0.3) is 10.0 Å². The molecule has 1 aromatic heterocycles. The first-order chi connectivity index (χ1) is 20.9. The number of nitrogens with one attached hydrogen (secondary N) is 2. The summed E-state index contributed by atoms with van der Waals surface area (Å²) in [6, 6.07) is 11.7. The number of benzene rings is 2. The quantitative estimate of drug-likeness (QED) is 0.200. The average molecular weight is 651 g/mol. The fraction of sp³-hybridized carbons (Fsp3) is 0.452. The predicted molar refractivity (Wildman–Crippen MR) is 162 cm³/mol. The minimum Gasteiger partial charge on any atom is -0.478 e. The average Bonchev–Trinajstić information content (AvgIpc) is 2.89. The Labute approximate surface area is 260 Å². The highest BCUT2D eigenvalue weighted by molar-refractivity contribution is 7.92. The van der Waals surface area contributed by atoms with Crippen LogP contribution in [0.3, 0.4) is 0 Å². The van der Waals surface area contributed by atoms with E-state index in [2.05, 4.69) is 24.7 Å². The molecule has 1 unspecified atom stereocenters. The van der Waals surface area contributed by atoms with Crippen molar-refractivity contribution in [1.29, 1.82) is 0 Å². The zero-order valence-corrected chi connectivity index (χ0v) is 26.4. The van der Waals surface area contributed by atoms with E-state index in [0.29, 0.717) is 12.1 Å². The van der Waals surface area contributed by atoms with Crippen molar-refractivity contribution in [3.8, 4) is 17.1 Å². The van der Waals surface area contributed by atoms with Crippen molar-refractivity contribution in [3.63, 3.8) is 0 Å². The Bertz CT molecular complexity index is 1620. The summed E-state index contributed by atoms with van der Waals surface area (Å²) in [5.41, 5.74) is 1.44.